The lowest BCUT2D eigenvalue weighted by Gasteiger charge is -2.49. The molecule has 5 rings (SSSR count). The number of nitrogens with zero attached hydrogens (tertiary/aromatic N) is 2. The lowest BCUT2D eigenvalue weighted by atomic mass is 9.89. The summed E-state index contributed by atoms with van der Waals surface area (Å²) in [5.74, 6) is 0.0516. The summed E-state index contributed by atoms with van der Waals surface area (Å²) in [5.41, 5.74) is 2.35. The first kappa shape index (κ1) is 19.5. The van der Waals surface area contributed by atoms with Gasteiger partial charge in [0.25, 0.3) is 0 Å². The summed E-state index contributed by atoms with van der Waals surface area (Å²) < 4.78 is 33.7. The molecule has 1 atom stereocenters. The highest BCUT2D eigenvalue weighted by Gasteiger charge is 2.48. The van der Waals surface area contributed by atoms with Crippen molar-refractivity contribution in [3.05, 3.63) is 29.3 Å². The number of sulfonamides is 1. The van der Waals surface area contributed by atoms with E-state index >= 15 is 0 Å². The minimum Gasteiger partial charge on any atom is -0.379 e. The molecule has 0 saturated carbocycles. The van der Waals surface area contributed by atoms with E-state index < -0.39 is 10.0 Å². The number of rotatable bonds is 3. The lowest BCUT2D eigenvalue weighted by molar-refractivity contribution is -0.131. The molecule has 7 nitrogen and oxygen atoms in total. The average molecular weight is 420 g/mol. The molecule has 1 unspecified atom stereocenters. The van der Waals surface area contributed by atoms with E-state index in [4.69, 9.17) is 4.74 Å². The van der Waals surface area contributed by atoms with Crippen LogP contribution in [0.1, 0.15) is 36.8 Å². The van der Waals surface area contributed by atoms with Crippen molar-refractivity contribution >= 4 is 15.9 Å². The summed E-state index contributed by atoms with van der Waals surface area (Å²) >= 11 is 0. The second-order valence-electron chi connectivity index (χ2n) is 8.85. The van der Waals surface area contributed by atoms with Gasteiger partial charge in [0.1, 0.15) is 0 Å². The Bertz CT molecular complexity index is 903. The maximum Gasteiger partial charge on any atom is 0.243 e. The van der Waals surface area contributed by atoms with Crippen LogP contribution >= 0.6 is 0 Å². The first-order valence-electron chi connectivity index (χ1n) is 10.7. The fourth-order valence-corrected chi connectivity index (χ4v) is 6.99. The van der Waals surface area contributed by atoms with Crippen molar-refractivity contribution in [1.82, 2.24) is 14.5 Å². The van der Waals surface area contributed by atoms with Crippen LogP contribution in [0, 0.1) is 0 Å². The van der Waals surface area contributed by atoms with E-state index in [0.717, 1.165) is 45.1 Å². The maximum absolute atomic E-state index is 13.2. The topological polar surface area (TPSA) is 79.0 Å². The fourth-order valence-electron chi connectivity index (χ4n) is 5.47. The molecule has 29 heavy (non-hydrogen) atoms. The van der Waals surface area contributed by atoms with Gasteiger partial charge >= 0.3 is 0 Å². The van der Waals surface area contributed by atoms with Crippen molar-refractivity contribution in [2.24, 2.45) is 0 Å². The average Bonchev–Trinajstić information content (AvgIpc) is 3.39. The van der Waals surface area contributed by atoms with Crippen LogP contribution in [-0.4, -0.2) is 74.5 Å². The summed E-state index contributed by atoms with van der Waals surface area (Å²) in [6.07, 6.45) is 5.55. The molecule has 8 heteroatoms. The molecule has 4 aliphatic rings. The van der Waals surface area contributed by atoms with Gasteiger partial charge in [-0.15, -0.1) is 0 Å². The fraction of sp³-hybridized carbons (Fsp3) is 0.667. The molecular formula is C21H29N3O4S. The van der Waals surface area contributed by atoms with Crippen LogP contribution in [0.15, 0.2) is 23.1 Å². The number of carbonyl (C=O) groups excluding carboxylic acids is 1. The Kier molecular flexibility index (Phi) is 4.93. The number of amides is 1. The Hall–Kier alpha value is -1.48. The zero-order chi connectivity index (χ0) is 20.1. The molecule has 3 aliphatic heterocycles. The van der Waals surface area contributed by atoms with Crippen LogP contribution in [0.3, 0.4) is 0 Å². The number of piperidine rings is 1. The molecule has 3 heterocycles. The molecule has 1 N–H and O–H groups in total. The van der Waals surface area contributed by atoms with E-state index in [1.807, 2.05) is 12.1 Å². The van der Waals surface area contributed by atoms with Crippen LogP contribution in [0.4, 0.5) is 0 Å². The number of hydrogen-bond acceptors (Lipinski definition) is 5. The van der Waals surface area contributed by atoms with E-state index in [2.05, 4.69) is 10.2 Å². The highest BCUT2D eigenvalue weighted by atomic mass is 32.2. The van der Waals surface area contributed by atoms with Gasteiger partial charge in [0.05, 0.1) is 23.6 Å². The van der Waals surface area contributed by atoms with Gasteiger partial charge in [-0.05, 0) is 61.8 Å². The van der Waals surface area contributed by atoms with Crippen LogP contribution < -0.4 is 5.32 Å². The van der Waals surface area contributed by atoms with Crippen molar-refractivity contribution in [3.63, 3.8) is 0 Å². The van der Waals surface area contributed by atoms with Gasteiger partial charge < -0.3 is 10.1 Å². The molecule has 158 valence electrons. The zero-order valence-electron chi connectivity index (χ0n) is 16.7. The summed E-state index contributed by atoms with van der Waals surface area (Å²) in [4.78, 5) is 14.8. The van der Waals surface area contributed by atoms with Gasteiger partial charge in [0.2, 0.25) is 15.9 Å². The quantitative estimate of drug-likeness (QED) is 0.788. The Morgan fingerprint density at radius 2 is 1.93 bits per heavy atom. The monoisotopic (exact) mass is 419 g/mol. The maximum atomic E-state index is 13.2. The highest BCUT2D eigenvalue weighted by Crippen LogP contribution is 2.34. The van der Waals surface area contributed by atoms with Crippen molar-refractivity contribution in [2.75, 3.05) is 39.4 Å². The molecule has 1 aliphatic carbocycles. The summed E-state index contributed by atoms with van der Waals surface area (Å²) in [6, 6.07) is 5.85. The molecule has 0 radical (unpaired) electrons. The molecule has 1 amide bonds. The number of piperazine rings is 1. The summed E-state index contributed by atoms with van der Waals surface area (Å²) in [7, 11) is -3.47. The van der Waals surface area contributed by atoms with Gasteiger partial charge in [-0.3, -0.25) is 9.69 Å². The van der Waals surface area contributed by atoms with E-state index in [1.165, 1.54) is 11.1 Å². The van der Waals surface area contributed by atoms with Gasteiger partial charge in [-0.1, -0.05) is 6.07 Å². The van der Waals surface area contributed by atoms with Crippen molar-refractivity contribution in [2.45, 2.75) is 55.0 Å². The molecule has 3 fully saturated rings. The number of aryl methyl sites for hydroxylation is 2. The second-order valence-corrected chi connectivity index (χ2v) is 10.8. The highest BCUT2D eigenvalue weighted by molar-refractivity contribution is 7.89. The minimum absolute atomic E-state index is 0.0516. The molecule has 0 bridgehead atoms. The number of benzene rings is 1. The van der Waals surface area contributed by atoms with Gasteiger partial charge in [-0.2, -0.15) is 4.31 Å². The van der Waals surface area contributed by atoms with E-state index in [0.29, 0.717) is 37.7 Å². The summed E-state index contributed by atoms with van der Waals surface area (Å²) in [5, 5.41) is 2.99. The van der Waals surface area contributed by atoms with Crippen molar-refractivity contribution in [1.29, 1.82) is 0 Å². The number of hydrogen-bond donors (Lipinski definition) is 1. The Morgan fingerprint density at radius 3 is 2.69 bits per heavy atom. The molecule has 1 aromatic carbocycles. The van der Waals surface area contributed by atoms with Crippen molar-refractivity contribution in [3.8, 4) is 0 Å². The number of ether oxygens (including phenoxy) is 1. The molecule has 1 spiro atoms. The Labute approximate surface area is 172 Å². The predicted octanol–water partition coefficient (Wildman–Crippen LogP) is 0.919. The van der Waals surface area contributed by atoms with Crippen molar-refractivity contribution < 1.29 is 17.9 Å². The van der Waals surface area contributed by atoms with E-state index in [-0.39, 0.29) is 17.5 Å². The normalized spacial score (nSPS) is 29.3. The standard InChI is InChI=1S/C21H29N3O4S/c25-20-13-24(21(14-22-20)8-11-28-15-21)18-6-9-23(10-7-18)29(26,27)19-5-4-16-2-1-3-17(16)12-19/h4-5,12,18H,1-3,6-11,13-15H2,(H,22,25). The van der Waals surface area contributed by atoms with Crippen LogP contribution in [0.2, 0.25) is 0 Å². The number of nitrogens with one attached hydrogen (secondary N) is 1. The first-order chi connectivity index (χ1) is 14.0. The van der Waals surface area contributed by atoms with Crippen LogP contribution in [-0.2, 0) is 32.4 Å². The Morgan fingerprint density at radius 1 is 1.14 bits per heavy atom. The van der Waals surface area contributed by atoms with Gasteiger partial charge in [0.15, 0.2) is 0 Å². The lowest BCUT2D eigenvalue weighted by Crippen LogP contribution is -2.67. The van der Waals surface area contributed by atoms with Gasteiger partial charge in [-0.25, -0.2) is 8.42 Å². The smallest absolute Gasteiger partial charge is 0.243 e. The minimum atomic E-state index is -3.47. The molecular weight excluding hydrogens is 390 g/mol. The third-order valence-electron chi connectivity index (χ3n) is 7.19. The van der Waals surface area contributed by atoms with Crippen LogP contribution in [0.5, 0.6) is 0 Å². The summed E-state index contributed by atoms with van der Waals surface area (Å²) in [6.45, 7) is 3.36. The number of carbonyl (C=O) groups is 1. The third kappa shape index (κ3) is 3.40. The molecule has 3 saturated heterocycles. The third-order valence-corrected chi connectivity index (χ3v) is 9.09. The largest absolute Gasteiger partial charge is 0.379 e. The number of fused-ring (bicyclic) bond motifs is 1. The van der Waals surface area contributed by atoms with E-state index in [1.54, 1.807) is 10.4 Å². The van der Waals surface area contributed by atoms with Gasteiger partial charge in [0, 0.05) is 32.3 Å². The molecule has 1 aromatic rings. The Balaban J connectivity index is 1.30. The zero-order valence-corrected chi connectivity index (χ0v) is 17.5. The second kappa shape index (κ2) is 7.34. The molecule has 0 aromatic heterocycles. The first-order valence-corrected chi connectivity index (χ1v) is 12.2. The van der Waals surface area contributed by atoms with E-state index in [9.17, 15) is 13.2 Å². The predicted molar refractivity (Wildman–Crippen MR) is 108 cm³/mol. The van der Waals surface area contributed by atoms with Crippen LogP contribution in [0.25, 0.3) is 0 Å². The SMILES string of the molecule is O=C1CN(C2CCN(S(=O)(=O)c3ccc4c(c3)CCC4)CC2)C2(CCOC2)CN1.